The van der Waals surface area contributed by atoms with Gasteiger partial charge in [-0.2, -0.15) is 11.8 Å². The van der Waals surface area contributed by atoms with Crippen LogP contribution >= 0.6 is 39.5 Å². The first-order valence-electron chi connectivity index (χ1n) is 6.62. The summed E-state index contributed by atoms with van der Waals surface area (Å²) in [4.78, 5) is 15.4. The lowest BCUT2D eigenvalue weighted by molar-refractivity contribution is -0.133. The molecule has 1 heterocycles. The van der Waals surface area contributed by atoms with Crippen LogP contribution in [0, 0.1) is 0 Å². The first kappa shape index (κ1) is 16.7. The molecule has 1 unspecified atom stereocenters. The van der Waals surface area contributed by atoms with Crippen LogP contribution in [0.4, 0.5) is 0 Å². The molecule has 0 aliphatic heterocycles. The molecule has 1 N–H and O–H groups in total. The van der Waals surface area contributed by atoms with E-state index in [4.69, 9.17) is 5.11 Å². The van der Waals surface area contributed by atoms with Crippen molar-refractivity contribution in [1.29, 1.82) is 0 Å². The maximum atomic E-state index is 10.8. The first-order valence-corrected chi connectivity index (χ1v) is 9.56. The van der Waals surface area contributed by atoms with E-state index in [0.29, 0.717) is 0 Å². The SMILES string of the molecule is CCSCC(C)n1c(SCC(=O)O)nc2cc(Br)ccc21. The number of fused-ring (bicyclic) bond motifs is 1. The highest BCUT2D eigenvalue weighted by Crippen LogP contribution is 2.30. The molecule has 0 spiro atoms. The number of imidazole rings is 1. The van der Waals surface area contributed by atoms with Gasteiger partial charge in [0.05, 0.1) is 16.8 Å². The van der Waals surface area contributed by atoms with Gasteiger partial charge in [-0.25, -0.2) is 4.98 Å². The van der Waals surface area contributed by atoms with E-state index in [1.165, 1.54) is 11.8 Å². The minimum Gasteiger partial charge on any atom is -0.481 e. The Morgan fingerprint density at radius 3 is 2.95 bits per heavy atom. The van der Waals surface area contributed by atoms with Gasteiger partial charge >= 0.3 is 5.97 Å². The monoisotopic (exact) mass is 388 g/mol. The topological polar surface area (TPSA) is 55.1 Å². The standard InChI is InChI=1S/C14H17BrN2O2S2/c1-3-20-7-9(2)17-12-5-4-10(15)6-11(12)16-14(17)21-8-13(18)19/h4-6,9H,3,7-8H2,1-2H3,(H,18,19). The Kier molecular flexibility index (Phi) is 6.01. The van der Waals surface area contributed by atoms with Crippen molar-refractivity contribution >= 4 is 56.5 Å². The van der Waals surface area contributed by atoms with Crippen molar-refractivity contribution in [1.82, 2.24) is 9.55 Å². The minimum atomic E-state index is -0.824. The smallest absolute Gasteiger partial charge is 0.313 e. The average Bonchev–Trinajstić information content (AvgIpc) is 2.79. The van der Waals surface area contributed by atoms with Gasteiger partial charge < -0.3 is 9.67 Å². The van der Waals surface area contributed by atoms with E-state index in [2.05, 4.69) is 39.3 Å². The lowest BCUT2D eigenvalue weighted by Crippen LogP contribution is -2.10. The molecule has 0 bridgehead atoms. The van der Waals surface area contributed by atoms with Gasteiger partial charge in [-0.15, -0.1) is 0 Å². The molecular weight excluding hydrogens is 372 g/mol. The first-order chi connectivity index (χ1) is 10.0. The molecule has 2 aromatic rings. The summed E-state index contributed by atoms with van der Waals surface area (Å²) in [6.45, 7) is 4.29. The van der Waals surface area contributed by atoms with E-state index in [0.717, 1.165) is 32.2 Å². The molecule has 0 aliphatic rings. The highest BCUT2D eigenvalue weighted by atomic mass is 79.9. The van der Waals surface area contributed by atoms with Gasteiger partial charge in [0.15, 0.2) is 5.16 Å². The second-order valence-corrected chi connectivity index (χ2v) is 7.77. The van der Waals surface area contributed by atoms with Crippen LogP contribution in [0.15, 0.2) is 27.8 Å². The predicted molar refractivity (Wildman–Crippen MR) is 93.5 cm³/mol. The normalized spacial score (nSPS) is 12.7. The van der Waals surface area contributed by atoms with Crippen molar-refractivity contribution in [2.24, 2.45) is 0 Å². The van der Waals surface area contributed by atoms with E-state index in [9.17, 15) is 4.79 Å². The lowest BCUT2D eigenvalue weighted by atomic mass is 10.3. The second kappa shape index (κ2) is 7.56. The van der Waals surface area contributed by atoms with Gasteiger partial charge in [0.1, 0.15) is 0 Å². The van der Waals surface area contributed by atoms with Gasteiger partial charge in [0, 0.05) is 16.3 Å². The zero-order valence-corrected chi connectivity index (χ0v) is 15.1. The van der Waals surface area contributed by atoms with Crippen LogP contribution in [0.1, 0.15) is 19.9 Å². The number of halogens is 1. The zero-order chi connectivity index (χ0) is 15.4. The number of nitrogens with zero attached hydrogens (tertiary/aromatic N) is 2. The number of aromatic nitrogens is 2. The zero-order valence-electron chi connectivity index (χ0n) is 11.9. The fourth-order valence-corrected chi connectivity index (χ4v) is 3.97. The van der Waals surface area contributed by atoms with Crippen molar-refractivity contribution in [2.45, 2.75) is 25.0 Å². The molecule has 2 rings (SSSR count). The van der Waals surface area contributed by atoms with Gasteiger partial charge in [-0.1, -0.05) is 34.6 Å². The number of benzene rings is 1. The van der Waals surface area contributed by atoms with Crippen molar-refractivity contribution in [3.63, 3.8) is 0 Å². The van der Waals surface area contributed by atoms with Crippen LogP contribution < -0.4 is 0 Å². The molecule has 0 aliphatic carbocycles. The van der Waals surface area contributed by atoms with Crippen LogP contribution in [0.3, 0.4) is 0 Å². The third-order valence-corrected chi connectivity index (χ3v) is 5.50. The fraction of sp³-hybridized carbons (Fsp3) is 0.429. The molecule has 0 saturated heterocycles. The maximum absolute atomic E-state index is 10.8. The average molecular weight is 389 g/mol. The van der Waals surface area contributed by atoms with E-state index in [-0.39, 0.29) is 11.8 Å². The summed E-state index contributed by atoms with van der Waals surface area (Å²) >= 11 is 6.61. The molecule has 1 atom stereocenters. The highest BCUT2D eigenvalue weighted by Gasteiger charge is 2.17. The van der Waals surface area contributed by atoms with Crippen LogP contribution in [0.5, 0.6) is 0 Å². The largest absolute Gasteiger partial charge is 0.481 e. The van der Waals surface area contributed by atoms with Crippen molar-refractivity contribution < 1.29 is 9.90 Å². The molecule has 21 heavy (non-hydrogen) atoms. The molecule has 4 nitrogen and oxygen atoms in total. The number of hydrogen-bond donors (Lipinski definition) is 1. The Hall–Kier alpha value is -0.660. The maximum Gasteiger partial charge on any atom is 0.313 e. The van der Waals surface area contributed by atoms with Crippen molar-refractivity contribution in [3.05, 3.63) is 22.7 Å². The quantitative estimate of drug-likeness (QED) is 0.716. The number of rotatable bonds is 7. The third kappa shape index (κ3) is 4.17. The highest BCUT2D eigenvalue weighted by molar-refractivity contribution is 9.10. The Morgan fingerprint density at radius 2 is 2.29 bits per heavy atom. The van der Waals surface area contributed by atoms with E-state index < -0.39 is 5.97 Å². The second-order valence-electron chi connectivity index (χ2n) is 4.59. The number of aliphatic carboxylic acids is 1. The summed E-state index contributed by atoms with van der Waals surface area (Å²) in [5.74, 6) is 1.26. The van der Waals surface area contributed by atoms with Crippen LogP contribution in [0.2, 0.25) is 0 Å². The molecule has 1 aromatic carbocycles. The summed E-state index contributed by atoms with van der Waals surface area (Å²) in [6, 6.07) is 6.27. The molecule has 0 saturated carbocycles. The van der Waals surface area contributed by atoms with Crippen LogP contribution in [-0.2, 0) is 4.79 Å². The number of carboxylic acids is 1. The molecule has 0 fully saturated rings. The summed E-state index contributed by atoms with van der Waals surface area (Å²) in [6.07, 6.45) is 0. The number of carboxylic acid groups (broad SMARTS) is 1. The van der Waals surface area contributed by atoms with Crippen molar-refractivity contribution in [2.75, 3.05) is 17.3 Å². The van der Waals surface area contributed by atoms with E-state index in [1.54, 1.807) is 0 Å². The molecule has 0 amide bonds. The lowest BCUT2D eigenvalue weighted by Gasteiger charge is -2.16. The summed E-state index contributed by atoms with van der Waals surface area (Å²) in [5.41, 5.74) is 1.95. The fourth-order valence-electron chi connectivity index (χ4n) is 2.07. The third-order valence-electron chi connectivity index (χ3n) is 2.95. The predicted octanol–water partition coefficient (Wildman–Crippen LogP) is 4.29. The summed E-state index contributed by atoms with van der Waals surface area (Å²) < 4.78 is 3.13. The van der Waals surface area contributed by atoms with Gasteiger partial charge in [-0.3, -0.25) is 4.79 Å². The summed E-state index contributed by atoms with van der Waals surface area (Å²) in [7, 11) is 0. The Bertz CT molecular complexity index is 645. The molecule has 114 valence electrons. The van der Waals surface area contributed by atoms with Gasteiger partial charge in [-0.05, 0) is 30.9 Å². The number of carbonyl (C=O) groups is 1. The van der Waals surface area contributed by atoms with Crippen molar-refractivity contribution in [3.8, 4) is 0 Å². The Labute approximate surface area is 140 Å². The Balaban J connectivity index is 2.41. The number of hydrogen-bond acceptors (Lipinski definition) is 4. The molecule has 0 radical (unpaired) electrons. The van der Waals surface area contributed by atoms with Gasteiger partial charge in [0.25, 0.3) is 0 Å². The van der Waals surface area contributed by atoms with Crippen LogP contribution in [-0.4, -0.2) is 37.9 Å². The minimum absolute atomic E-state index is 0.0259. The number of thioether (sulfide) groups is 2. The Morgan fingerprint density at radius 1 is 1.52 bits per heavy atom. The molecule has 1 aromatic heterocycles. The van der Waals surface area contributed by atoms with Gasteiger partial charge in [0.2, 0.25) is 0 Å². The van der Waals surface area contributed by atoms with Crippen LogP contribution in [0.25, 0.3) is 11.0 Å². The van der Waals surface area contributed by atoms with E-state index in [1.807, 2.05) is 30.0 Å². The van der Waals surface area contributed by atoms with E-state index >= 15 is 0 Å². The molecular formula is C14H17BrN2O2S2. The summed E-state index contributed by atoms with van der Waals surface area (Å²) in [5, 5.41) is 9.67. The molecule has 7 heteroatoms.